The van der Waals surface area contributed by atoms with E-state index < -0.39 is 4.92 Å². The molecule has 1 fully saturated rings. The number of ether oxygens (including phenoxy) is 1. The maximum atomic E-state index is 13.1. The number of benzene rings is 2. The molecule has 0 aliphatic heterocycles. The zero-order chi connectivity index (χ0) is 21.8. The van der Waals surface area contributed by atoms with Gasteiger partial charge in [-0.05, 0) is 55.3 Å². The first-order valence-corrected chi connectivity index (χ1v) is 10.4. The van der Waals surface area contributed by atoms with E-state index in [0.717, 1.165) is 37.0 Å². The standard InChI is InChI=1S/C23H24N4O4/c1-31-20-13-7-16(8-14-20)21-15-22(23(28)24-17-5-3-2-4-6-17)26(25-21)18-9-11-19(12-10-18)27(29)30/h7-15,17H,2-6H2,1H3,(H,24,28). The van der Waals surface area contributed by atoms with Crippen LogP contribution in [0.2, 0.25) is 0 Å². The summed E-state index contributed by atoms with van der Waals surface area (Å²) in [5, 5.41) is 18.8. The highest BCUT2D eigenvalue weighted by Gasteiger charge is 2.22. The van der Waals surface area contributed by atoms with Gasteiger partial charge in [-0.1, -0.05) is 19.3 Å². The number of rotatable bonds is 6. The third-order valence-corrected chi connectivity index (χ3v) is 5.57. The Morgan fingerprint density at radius 3 is 2.39 bits per heavy atom. The van der Waals surface area contributed by atoms with E-state index in [9.17, 15) is 14.9 Å². The molecule has 160 valence electrons. The minimum absolute atomic E-state index is 0.0144. The van der Waals surface area contributed by atoms with E-state index in [1.807, 2.05) is 24.3 Å². The molecule has 0 radical (unpaired) electrons. The predicted octanol–water partition coefficient (Wildman–Crippen LogP) is 4.52. The zero-order valence-corrected chi connectivity index (χ0v) is 17.3. The molecule has 1 aliphatic rings. The summed E-state index contributed by atoms with van der Waals surface area (Å²) in [6, 6.07) is 15.4. The van der Waals surface area contributed by atoms with E-state index in [-0.39, 0.29) is 17.6 Å². The van der Waals surface area contributed by atoms with E-state index in [2.05, 4.69) is 10.4 Å². The molecule has 0 unspecified atom stereocenters. The van der Waals surface area contributed by atoms with Crippen LogP contribution >= 0.6 is 0 Å². The molecule has 0 spiro atoms. The lowest BCUT2D eigenvalue weighted by Crippen LogP contribution is -2.37. The van der Waals surface area contributed by atoms with E-state index in [0.29, 0.717) is 17.1 Å². The fraction of sp³-hybridized carbons (Fsp3) is 0.304. The summed E-state index contributed by atoms with van der Waals surface area (Å²) >= 11 is 0. The van der Waals surface area contributed by atoms with Crippen LogP contribution in [0.5, 0.6) is 5.75 Å². The number of non-ortho nitro benzene ring substituents is 1. The summed E-state index contributed by atoms with van der Waals surface area (Å²) in [6.45, 7) is 0. The van der Waals surface area contributed by atoms with E-state index >= 15 is 0 Å². The molecule has 31 heavy (non-hydrogen) atoms. The molecule has 0 saturated heterocycles. The molecule has 1 N–H and O–H groups in total. The maximum Gasteiger partial charge on any atom is 0.270 e. The van der Waals surface area contributed by atoms with Gasteiger partial charge >= 0.3 is 0 Å². The van der Waals surface area contributed by atoms with Crippen molar-refractivity contribution < 1.29 is 14.5 Å². The van der Waals surface area contributed by atoms with Crippen LogP contribution in [0, 0.1) is 10.1 Å². The number of amides is 1. The van der Waals surface area contributed by atoms with Crippen LogP contribution in [0.1, 0.15) is 42.6 Å². The third kappa shape index (κ3) is 4.58. The number of hydrogen-bond donors (Lipinski definition) is 1. The van der Waals surface area contributed by atoms with Crippen molar-refractivity contribution >= 4 is 11.6 Å². The monoisotopic (exact) mass is 420 g/mol. The van der Waals surface area contributed by atoms with Gasteiger partial charge in [0.1, 0.15) is 11.4 Å². The zero-order valence-electron chi connectivity index (χ0n) is 17.3. The lowest BCUT2D eigenvalue weighted by atomic mass is 9.95. The second-order valence-corrected chi connectivity index (χ2v) is 7.64. The van der Waals surface area contributed by atoms with Gasteiger partial charge in [0.15, 0.2) is 0 Å². The smallest absolute Gasteiger partial charge is 0.270 e. The van der Waals surface area contributed by atoms with Crippen LogP contribution in [0.15, 0.2) is 54.6 Å². The van der Waals surface area contributed by atoms with Crippen molar-refractivity contribution in [3.63, 3.8) is 0 Å². The van der Waals surface area contributed by atoms with Crippen LogP contribution in [0.3, 0.4) is 0 Å². The first kappa shape index (κ1) is 20.6. The summed E-state index contributed by atoms with van der Waals surface area (Å²) in [5.74, 6) is 0.534. The van der Waals surface area contributed by atoms with Crippen molar-refractivity contribution in [1.29, 1.82) is 0 Å². The Morgan fingerprint density at radius 1 is 1.10 bits per heavy atom. The van der Waals surface area contributed by atoms with Gasteiger partial charge in [-0.25, -0.2) is 4.68 Å². The minimum Gasteiger partial charge on any atom is -0.497 e. The summed E-state index contributed by atoms with van der Waals surface area (Å²) in [6.07, 6.45) is 5.38. The van der Waals surface area contributed by atoms with Gasteiger partial charge < -0.3 is 10.1 Å². The number of nitrogens with zero attached hydrogens (tertiary/aromatic N) is 3. The lowest BCUT2D eigenvalue weighted by molar-refractivity contribution is -0.384. The van der Waals surface area contributed by atoms with Crippen LogP contribution in [0.25, 0.3) is 16.9 Å². The second-order valence-electron chi connectivity index (χ2n) is 7.64. The van der Waals surface area contributed by atoms with Gasteiger partial charge in [-0.3, -0.25) is 14.9 Å². The van der Waals surface area contributed by atoms with Crippen molar-refractivity contribution in [2.75, 3.05) is 7.11 Å². The van der Waals surface area contributed by atoms with Gasteiger partial charge in [0.25, 0.3) is 11.6 Å². The molecule has 8 nitrogen and oxygen atoms in total. The first-order valence-electron chi connectivity index (χ1n) is 10.4. The van der Waals surface area contributed by atoms with Gasteiger partial charge in [-0.15, -0.1) is 0 Å². The molecule has 8 heteroatoms. The molecule has 1 saturated carbocycles. The summed E-state index contributed by atoms with van der Waals surface area (Å²) in [4.78, 5) is 23.7. The molecule has 1 aliphatic carbocycles. The fourth-order valence-corrected chi connectivity index (χ4v) is 3.86. The largest absolute Gasteiger partial charge is 0.497 e. The Morgan fingerprint density at radius 2 is 1.77 bits per heavy atom. The van der Waals surface area contributed by atoms with E-state index in [1.54, 1.807) is 30.0 Å². The number of carbonyl (C=O) groups excluding carboxylic acids is 1. The topological polar surface area (TPSA) is 99.3 Å². The lowest BCUT2D eigenvalue weighted by Gasteiger charge is -2.22. The van der Waals surface area contributed by atoms with Crippen LogP contribution in [-0.4, -0.2) is 33.8 Å². The van der Waals surface area contributed by atoms with Crippen molar-refractivity contribution in [2.45, 2.75) is 38.1 Å². The van der Waals surface area contributed by atoms with E-state index in [1.165, 1.54) is 18.6 Å². The molecular weight excluding hydrogens is 396 g/mol. The summed E-state index contributed by atoms with van der Waals surface area (Å²) in [5.41, 5.74) is 2.44. The highest BCUT2D eigenvalue weighted by Crippen LogP contribution is 2.25. The molecule has 1 aromatic heterocycles. The Kier molecular flexibility index (Phi) is 5.97. The average Bonchev–Trinajstić information content (AvgIpc) is 3.25. The first-order chi connectivity index (χ1) is 15.0. The van der Waals surface area contributed by atoms with Gasteiger partial charge in [0.05, 0.1) is 23.4 Å². The summed E-state index contributed by atoms with van der Waals surface area (Å²) < 4.78 is 6.75. The van der Waals surface area contributed by atoms with Crippen molar-refractivity contribution in [2.24, 2.45) is 0 Å². The molecular formula is C23H24N4O4. The molecule has 2 aromatic carbocycles. The third-order valence-electron chi connectivity index (χ3n) is 5.57. The Balaban J connectivity index is 1.70. The van der Waals surface area contributed by atoms with Crippen molar-refractivity contribution in [3.8, 4) is 22.7 Å². The number of nitro benzene ring substituents is 1. The highest BCUT2D eigenvalue weighted by molar-refractivity contribution is 5.94. The number of nitrogens with one attached hydrogen (secondary N) is 1. The second kappa shape index (κ2) is 8.99. The number of nitro groups is 1. The molecule has 4 rings (SSSR count). The van der Waals surface area contributed by atoms with E-state index in [4.69, 9.17) is 4.74 Å². The predicted molar refractivity (Wildman–Crippen MR) is 117 cm³/mol. The molecule has 1 heterocycles. The number of aromatic nitrogens is 2. The Bertz CT molecular complexity index is 1070. The number of carbonyl (C=O) groups is 1. The molecule has 0 atom stereocenters. The van der Waals surface area contributed by atoms with Crippen LogP contribution in [0.4, 0.5) is 5.69 Å². The quantitative estimate of drug-likeness (QED) is 0.467. The Hall–Kier alpha value is -3.68. The number of methoxy groups -OCH3 is 1. The minimum atomic E-state index is -0.452. The van der Waals surface area contributed by atoms with Crippen molar-refractivity contribution in [3.05, 3.63) is 70.4 Å². The molecule has 0 bridgehead atoms. The van der Waals surface area contributed by atoms with Gasteiger partial charge in [-0.2, -0.15) is 5.10 Å². The van der Waals surface area contributed by atoms with Crippen LogP contribution in [-0.2, 0) is 0 Å². The Labute approximate surface area is 180 Å². The molecule has 3 aromatic rings. The average molecular weight is 420 g/mol. The SMILES string of the molecule is COc1ccc(-c2cc(C(=O)NC3CCCCC3)n(-c3ccc([N+](=O)[O-])cc3)n2)cc1. The fourth-order valence-electron chi connectivity index (χ4n) is 3.86. The van der Waals surface area contributed by atoms with Crippen molar-refractivity contribution in [1.82, 2.24) is 15.1 Å². The van der Waals surface area contributed by atoms with Crippen LogP contribution < -0.4 is 10.1 Å². The maximum absolute atomic E-state index is 13.1. The summed E-state index contributed by atoms with van der Waals surface area (Å²) in [7, 11) is 1.60. The normalized spacial score (nSPS) is 14.2. The van der Waals surface area contributed by atoms with Gasteiger partial charge in [0, 0.05) is 23.7 Å². The molecule has 1 amide bonds. The highest BCUT2D eigenvalue weighted by atomic mass is 16.6. The van der Waals surface area contributed by atoms with Gasteiger partial charge in [0.2, 0.25) is 0 Å². The number of hydrogen-bond acceptors (Lipinski definition) is 5.